The van der Waals surface area contributed by atoms with E-state index >= 15 is 0 Å². The zero-order valence-corrected chi connectivity index (χ0v) is 11.1. The lowest BCUT2D eigenvalue weighted by Gasteiger charge is -2.11. The van der Waals surface area contributed by atoms with Crippen molar-refractivity contribution in [1.82, 2.24) is 14.8 Å². The Balaban J connectivity index is 2.16. The Kier molecular flexibility index (Phi) is 4.04. The van der Waals surface area contributed by atoms with Gasteiger partial charge in [-0.1, -0.05) is 48.2 Å². The summed E-state index contributed by atoms with van der Waals surface area (Å²) in [5.74, 6) is 0.428. The van der Waals surface area contributed by atoms with Crippen LogP contribution in [0.3, 0.4) is 0 Å². The van der Waals surface area contributed by atoms with Gasteiger partial charge in [-0.05, 0) is 12.5 Å². The Morgan fingerprint density at radius 3 is 2.78 bits per heavy atom. The van der Waals surface area contributed by atoms with E-state index in [1.54, 1.807) is 17.8 Å². The number of aromatic nitrogens is 3. The highest BCUT2D eigenvalue weighted by molar-refractivity contribution is 7.99. The predicted molar refractivity (Wildman–Crippen MR) is 75.3 cm³/mol. The van der Waals surface area contributed by atoms with Crippen LogP contribution in [0.15, 0.2) is 48.1 Å². The summed E-state index contributed by atoms with van der Waals surface area (Å²) in [7, 11) is 0. The fraction of sp³-hybridized carbons (Fsp3) is 0.231. The molecule has 0 fully saturated rings. The first-order valence-electron chi connectivity index (χ1n) is 5.73. The molecule has 0 aliphatic heterocycles. The molecule has 1 unspecified atom stereocenters. The number of benzene rings is 1. The van der Waals surface area contributed by atoms with E-state index in [1.165, 1.54) is 5.56 Å². The van der Waals surface area contributed by atoms with Crippen molar-refractivity contribution in [3.63, 3.8) is 0 Å². The van der Waals surface area contributed by atoms with Gasteiger partial charge in [0.2, 0.25) is 5.95 Å². The number of nitrogens with two attached hydrogens (primary N) is 1. The Labute approximate surface area is 111 Å². The van der Waals surface area contributed by atoms with E-state index in [1.807, 2.05) is 22.8 Å². The molecule has 0 saturated heterocycles. The van der Waals surface area contributed by atoms with Crippen LogP contribution >= 0.6 is 11.8 Å². The standard InChI is InChI=1S/C13H16N4S/c1-3-9-17-12(14)15-16-13(17)18-10(2)11-7-5-4-6-8-11/h3-8,10H,1,9H2,2H3,(H2,14,15). The Morgan fingerprint density at radius 2 is 2.11 bits per heavy atom. The minimum absolute atomic E-state index is 0.304. The van der Waals surface area contributed by atoms with Crippen molar-refractivity contribution in [2.75, 3.05) is 5.73 Å². The molecule has 0 aliphatic carbocycles. The number of allylic oxidation sites excluding steroid dienone is 1. The molecule has 0 bridgehead atoms. The Bertz CT molecular complexity index is 521. The van der Waals surface area contributed by atoms with Crippen molar-refractivity contribution in [2.24, 2.45) is 0 Å². The van der Waals surface area contributed by atoms with Gasteiger partial charge in [0.15, 0.2) is 5.16 Å². The summed E-state index contributed by atoms with van der Waals surface area (Å²) in [5, 5.41) is 9.13. The first-order valence-corrected chi connectivity index (χ1v) is 6.61. The number of thioether (sulfide) groups is 1. The van der Waals surface area contributed by atoms with Gasteiger partial charge < -0.3 is 5.73 Å². The van der Waals surface area contributed by atoms with Crippen LogP contribution in [-0.2, 0) is 6.54 Å². The molecule has 2 rings (SSSR count). The molecule has 5 heteroatoms. The van der Waals surface area contributed by atoms with Crippen molar-refractivity contribution in [2.45, 2.75) is 23.9 Å². The maximum atomic E-state index is 5.77. The van der Waals surface area contributed by atoms with Gasteiger partial charge in [0, 0.05) is 11.8 Å². The first-order chi connectivity index (χ1) is 8.72. The van der Waals surface area contributed by atoms with Gasteiger partial charge in [-0.2, -0.15) is 0 Å². The number of hydrogen-bond acceptors (Lipinski definition) is 4. The summed E-state index contributed by atoms with van der Waals surface area (Å²) in [6.45, 7) is 6.48. The molecule has 0 saturated carbocycles. The van der Waals surface area contributed by atoms with Crippen molar-refractivity contribution in [3.8, 4) is 0 Å². The number of rotatable bonds is 5. The molecule has 18 heavy (non-hydrogen) atoms. The van der Waals surface area contributed by atoms with Gasteiger partial charge in [-0.3, -0.25) is 4.57 Å². The van der Waals surface area contributed by atoms with E-state index in [-0.39, 0.29) is 0 Å². The SMILES string of the molecule is C=CCn1c(N)nnc1SC(C)c1ccccc1. The van der Waals surface area contributed by atoms with Crippen LogP contribution in [0.2, 0.25) is 0 Å². The smallest absolute Gasteiger partial charge is 0.222 e. The Morgan fingerprint density at radius 1 is 1.39 bits per heavy atom. The van der Waals surface area contributed by atoms with E-state index in [0.29, 0.717) is 17.7 Å². The molecule has 0 spiro atoms. The highest BCUT2D eigenvalue weighted by Gasteiger charge is 2.14. The van der Waals surface area contributed by atoms with Crippen molar-refractivity contribution < 1.29 is 0 Å². The molecule has 0 radical (unpaired) electrons. The third-order valence-corrected chi connectivity index (χ3v) is 3.75. The van der Waals surface area contributed by atoms with Crippen LogP contribution in [0.25, 0.3) is 0 Å². The Hall–Kier alpha value is -1.75. The van der Waals surface area contributed by atoms with E-state index in [0.717, 1.165) is 5.16 Å². The molecule has 1 heterocycles. The minimum atomic E-state index is 0.304. The third-order valence-electron chi connectivity index (χ3n) is 2.61. The highest BCUT2D eigenvalue weighted by Crippen LogP contribution is 2.34. The van der Waals surface area contributed by atoms with E-state index in [2.05, 4.69) is 35.8 Å². The molecule has 94 valence electrons. The van der Waals surface area contributed by atoms with E-state index in [9.17, 15) is 0 Å². The molecule has 2 N–H and O–H groups in total. The lowest BCUT2D eigenvalue weighted by Crippen LogP contribution is -2.03. The van der Waals surface area contributed by atoms with Crippen LogP contribution < -0.4 is 5.73 Å². The summed E-state index contributed by atoms with van der Waals surface area (Å²) in [4.78, 5) is 0. The van der Waals surface area contributed by atoms with Gasteiger partial charge in [-0.25, -0.2) is 0 Å². The summed E-state index contributed by atoms with van der Waals surface area (Å²) < 4.78 is 1.86. The second kappa shape index (κ2) is 5.73. The molecule has 0 aliphatic rings. The fourth-order valence-electron chi connectivity index (χ4n) is 1.64. The molecule has 1 aromatic heterocycles. The normalized spacial score (nSPS) is 12.3. The van der Waals surface area contributed by atoms with Gasteiger partial charge in [0.05, 0.1) is 0 Å². The number of hydrogen-bond donors (Lipinski definition) is 1. The zero-order valence-electron chi connectivity index (χ0n) is 10.3. The van der Waals surface area contributed by atoms with Gasteiger partial charge in [0.1, 0.15) is 0 Å². The molecule has 4 nitrogen and oxygen atoms in total. The average molecular weight is 260 g/mol. The van der Waals surface area contributed by atoms with Crippen LogP contribution in [0.4, 0.5) is 5.95 Å². The molecule has 2 aromatic rings. The molecule has 1 atom stereocenters. The maximum Gasteiger partial charge on any atom is 0.222 e. The van der Waals surface area contributed by atoms with Gasteiger partial charge >= 0.3 is 0 Å². The molecular formula is C13H16N4S. The monoisotopic (exact) mass is 260 g/mol. The number of nitrogen functional groups attached to an aromatic ring is 1. The molecule has 0 amide bonds. The van der Waals surface area contributed by atoms with Crippen LogP contribution in [0.5, 0.6) is 0 Å². The van der Waals surface area contributed by atoms with Crippen LogP contribution in [0, 0.1) is 0 Å². The van der Waals surface area contributed by atoms with E-state index < -0.39 is 0 Å². The topological polar surface area (TPSA) is 56.7 Å². The first kappa shape index (κ1) is 12.7. The van der Waals surface area contributed by atoms with Gasteiger partial charge in [0.25, 0.3) is 0 Å². The van der Waals surface area contributed by atoms with Gasteiger partial charge in [-0.15, -0.1) is 16.8 Å². The average Bonchev–Trinajstić information content (AvgIpc) is 2.73. The maximum absolute atomic E-state index is 5.77. The summed E-state index contributed by atoms with van der Waals surface area (Å²) in [5.41, 5.74) is 7.03. The van der Waals surface area contributed by atoms with Crippen LogP contribution in [-0.4, -0.2) is 14.8 Å². The molecule has 1 aromatic carbocycles. The van der Waals surface area contributed by atoms with E-state index in [4.69, 9.17) is 5.73 Å². The second-order valence-corrected chi connectivity index (χ2v) is 5.22. The summed E-state index contributed by atoms with van der Waals surface area (Å²) >= 11 is 1.65. The van der Waals surface area contributed by atoms with Crippen molar-refractivity contribution in [3.05, 3.63) is 48.6 Å². The summed E-state index contributed by atoms with van der Waals surface area (Å²) in [6, 6.07) is 10.3. The van der Waals surface area contributed by atoms with Crippen LogP contribution in [0.1, 0.15) is 17.7 Å². The predicted octanol–water partition coefficient (Wildman–Crippen LogP) is 2.90. The minimum Gasteiger partial charge on any atom is -0.368 e. The fourth-order valence-corrected chi connectivity index (χ4v) is 2.63. The van der Waals surface area contributed by atoms with Crippen molar-refractivity contribution >= 4 is 17.7 Å². The second-order valence-electron chi connectivity index (χ2n) is 3.91. The highest BCUT2D eigenvalue weighted by atomic mass is 32.2. The lowest BCUT2D eigenvalue weighted by molar-refractivity contribution is 0.731. The third kappa shape index (κ3) is 2.73. The molecular weight excluding hydrogens is 244 g/mol. The number of nitrogens with zero attached hydrogens (tertiary/aromatic N) is 3. The lowest BCUT2D eigenvalue weighted by atomic mass is 10.2. The zero-order chi connectivity index (χ0) is 13.0. The quantitative estimate of drug-likeness (QED) is 0.663. The van der Waals surface area contributed by atoms with Crippen molar-refractivity contribution in [1.29, 1.82) is 0 Å². The number of anilines is 1. The largest absolute Gasteiger partial charge is 0.368 e. The summed E-state index contributed by atoms with van der Waals surface area (Å²) in [6.07, 6.45) is 1.79.